The van der Waals surface area contributed by atoms with E-state index in [1.54, 1.807) is 13.2 Å². The van der Waals surface area contributed by atoms with Gasteiger partial charge in [0.1, 0.15) is 18.1 Å². The molecule has 0 bridgehead atoms. The quantitative estimate of drug-likeness (QED) is 0.321. The number of methoxy groups -OCH3 is 1. The van der Waals surface area contributed by atoms with Crippen molar-refractivity contribution in [1.82, 2.24) is 14.8 Å². The van der Waals surface area contributed by atoms with Gasteiger partial charge in [-0.2, -0.15) is 0 Å². The summed E-state index contributed by atoms with van der Waals surface area (Å²) in [5, 5.41) is 10.6. The van der Waals surface area contributed by atoms with Crippen molar-refractivity contribution in [3.05, 3.63) is 76.6 Å². The molecule has 146 valence electrons. The fourth-order valence-corrected chi connectivity index (χ4v) is 4.18. The molecule has 0 radical (unpaired) electrons. The first-order valence-electron chi connectivity index (χ1n) is 8.48. The summed E-state index contributed by atoms with van der Waals surface area (Å²) < 4.78 is 12.9. The predicted molar refractivity (Wildman–Crippen MR) is 114 cm³/mol. The van der Waals surface area contributed by atoms with Gasteiger partial charge in [-0.3, -0.25) is 4.57 Å². The summed E-state index contributed by atoms with van der Waals surface area (Å²) >= 11 is 14.0. The number of thioether (sulfide) groups is 1. The molecule has 5 nitrogen and oxygen atoms in total. The Bertz CT molecular complexity index is 925. The standard InChI is InChI=1S/C20H19Cl2N3O2S/c1-3-11-25-19(12-27-15-9-7-14(26-2)8-10-15)23-24-20(25)28-13-16-17(21)5-4-6-18(16)22/h3-10H,1,11-13H2,2H3. The van der Waals surface area contributed by atoms with Gasteiger partial charge in [0.15, 0.2) is 11.0 Å². The van der Waals surface area contributed by atoms with Crippen molar-refractivity contribution in [2.45, 2.75) is 24.1 Å². The lowest BCUT2D eigenvalue weighted by Crippen LogP contribution is -2.07. The van der Waals surface area contributed by atoms with Gasteiger partial charge >= 0.3 is 0 Å². The van der Waals surface area contributed by atoms with Crippen LogP contribution in [0, 0.1) is 0 Å². The van der Waals surface area contributed by atoms with Crippen molar-refractivity contribution < 1.29 is 9.47 Å². The van der Waals surface area contributed by atoms with Crippen LogP contribution in [0.4, 0.5) is 0 Å². The Morgan fingerprint density at radius 1 is 1.07 bits per heavy atom. The maximum absolute atomic E-state index is 6.26. The summed E-state index contributed by atoms with van der Waals surface area (Å²) in [7, 11) is 1.63. The minimum Gasteiger partial charge on any atom is -0.497 e. The lowest BCUT2D eigenvalue weighted by Gasteiger charge is -2.10. The van der Waals surface area contributed by atoms with Crippen LogP contribution in [0.1, 0.15) is 11.4 Å². The van der Waals surface area contributed by atoms with Crippen molar-refractivity contribution in [2.75, 3.05) is 7.11 Å². The molecule has 28 heavy (non-hydrogen) atoms. The van der Waals surface area contributed by atoms with Gasteiger partial charge in [0.2, 0.25) is 0 Å². The zero-order valence-electron chi connectivity index (χ0n) is 15.3. The van der Waals surface area contributed by atoms with Gasteiger partial charge in [-0.15, -0.1) is 16.8 Å². The summed E-state index contributed by atoms with van der Waals surface area (Å²) in [6, 6.07) is 12.9. The normalized spacial score (nSPS) is 10.7. The van der Waals surface area contributed by atoms with Crippen LogP contribution >= 0.6 is 35.0 Å². The molecular weight excluding hydrogens is 417 g/mol. The highest BCUT2D eigenvalue weighted by atomic mass is 35.5. The Balaban J connectivity index is 1.70. The van der Waals surface area contributed by atoms with Crippen molar-refractivity contribution in [3.8, 4) is 11.5 Å². The van der Waals surface area contributed by atoms with Crippen LogP contribution in [0.3, 0.4) is 0 Å². The number of rotatable bonds is 9. The van der Waals surface area contributed by atoms with Crippen molar-refractivity contribution in [3.63, 3.8) is 0 Å². The van der Waals surface area contributed by atoms with E-state index in [0.717, 1.165) is 22.2 Å². The fraction of sp³-hybridized carbons (Fsp3) is 0.200. The molecule has 3 aromatic rings. The maximum atomic E-state index is 6.26. The van der Waals surface area contributed by atoms with Crippen molar-refractivity contribution in [1.29, 1.82) is 0 Å². The van der Waals surface area contributed by atoms with E-state index in [4.69, 9.17) is 32.7 Å². The van der Waals surface area contributed by atoms with Gasteiger partial charge in [0.05, 0.1) is 7.11 Å². The van der Waals surface area contributed by atoms with Gasteiger partial charge in [-0.05, 0) is 42.0 Å². The van der Waals surface area contributed by atoms with E-state index < -0.39 is 0 Å². The van der Waals surface area contributed by atoms with E-state index >= 15 is 0 Å². The number of aromatic nitrogens is 3. The lowest BCUT2D eigenvalue weighted by atomic mass is 10.2. The molecule has 3 rings (SSSR count). The average molecular weight is 436 g/mol. The molecule has 0 aliphatic carbocycles. The number of nitrogens with zero attached hydrogens (tertiary/aromatic N) is 3. The van der Waals surface area contributed by atoms with Crippen LogP contribution in [0.15, 0.2) is 60.3 Å². The van der Waals surface area contributed by atoms with Crippen LogP contribution in [0.25, 0.3) is 0 Å². The Morgan fingerprint density at radius 2 is 1.75 bits per heavy atom. The lowest BCUT2D eigenvalue weighted by molar-refractivity contribution is 0.288. The molecule has 0 aliphatic rings. The summed E-state index contributed by atoms with van der Waals surface area (Å²) in [4.78, 5) is 0. The molecule has 0 spiro atoms. The molecule has 8 heteroatoms. The van der Waals surface area contributed by atoms with E-state index in [2.05, 4.69) is 16.8 Å². The number of ether oxygens (including phenoxy) is 2. The van der Waals surface area contributed by atoms with Gasteiger partial charge in [-0.1, -0.05) is 47.1 Å². The molecule has 0 saturated carbocycles. The van der Waals surface area contributed by atoms with Crippen LogP contribution in [0.5, 0.6) is 11.5 Å². The Kier molecular flexibility index (Phi) is 7.25. The van der Waals surface area contributed by atoms with Crippen LogP contribution < -0.4 is 9.47 Å². The molecule has 0 saturated heterocycles. The second-order valence-corrected chi connectivity index (χ2v) is 7.51. The second-order valence-electron chi connectivity index (χ2n) is 5.75. The van der Waals surface area contributed by atoms with Crippen LogP contribution in [-0.4, -0.2) is 21.9 Å². The monoisotopic (exact) mass is 435 g/mol. The third-order valence-electron chi connectivity index (χ3n) is 3.94. The van der Waals surface area contributed by atoms with Crippen molar-refractivity contribution >= 4 is 35.0 Å². The molecule has 1 aromatic heterocycles. The highest BCUT2D eigenvalue weighted by Gasteiger charge is 2.14. The molecule has 0 N–H and O–H groups in total. The van der Waals surface area contributed by atoms with Gasteiger partial charge in [0, 0.05) is 22.3 Å². The Labute approximate surface area is 178 Å². The first-order valence-corrected chi connectivity index (χ1v) is 10.2. The fourth-order valence-electron chi connectivity index (χ4n) is 2.47. The van der Waals surface area contributed by atoms with Crippen LogP contribution in [-0.2, 0) is 18.9 Å². The molecule has 0 aliphatic heterocycles. The number of hydrogen-bond donors (Lipinski definition) is 0. The number of hydrogen-bond acceptors (Lipinski definition) is 5. The van der Waals surface area contributed by atoms with Crippen LogP contribution in [0.2, 0.25) is 10.0 Å². The number of allylic oxidation sites excluding steroid dienone is 1. The van der Waals surface area contributed by atoms with E-state index in [1.165, 1.54) is 11.8 Å². The third kappa shape index (κ3) is 5.01. The maximum Gasteiger partial charge on any atom is 0.191 e. The third-order valence-corrected chi connectivity index (χ3v) is 5.64. The van der Waals surface area contributed by atoms with E-state index in [1.807, 2.05) is 47.0 Å². The summed E-state index contributed by atoms with van der Waals surface area (Å²) in [5.74, 6) is 2.81. The second kappa shape index (κ2) is 9.87. The highest BCUT2D eigenvalue weighted by Crippen LogP contribution is 2.31. The summed E-state index contributed by atoms with van der Waals surface area (Å²) in [6.07, 6.45) is 1.80. The SMILES string of the molecule is C=CCn1c(COc2ccc(OC)cc2)nnc1SCc1c(Cl)cccc1Cl. The molecule has 0 fully saturated rings. The molecular formula is C20H19Cl2N3O2S. The summed E-state index contributed by atoms with van der Waals surface area (Å²) in [5.41, 5.74) is 0.875. The molecule has 2 aromatic carbocycles. The number of halogens is 2. The smallest absolute Gasteiger partial charge is 0.191 e. The molecule has 0 amide bonds. The Morgan fingerprint density at radius 3 is 2.39 bits per heavy atom. The molecule has 1 heterocycles. The van der Waals surface area contributed by atoms with Gasteiger partial charge in [-0.25, -0.2) is 0 Å². The minimum absolute atomic E-state index is 0.292. The zero-order chi connectivity index (χ0) is 19.9. The van der Waals surface area contributed by atoms with E-state index in [-0.39, 0.29) is 0 Å². The first kappa shape index (κ1) is 20.6. The van der Waals surface area contributed by atoms with Crippen molar-refractivity contribution in [2.24, 2.45) is 0 Å². The highest BCUT2D eigenvalue weighted by molar-refractivity contribution is 7.98. The first-order chi connectivity index (χ1) is 13.6. The average Bonchev–Trinajstić information content (AvgIpc) is 3.08. The van der Waals surface area contributed by atoms with E-state index in [0.29, 0.717) is 34.8 Å². The van der Waals surface area contributed by atoms with E-state index in [9.17, 15) is 0 Å². The largest absolute Gasteiger partial charge is 0.497 e. The summed E-state index contributed by atoms with van der Waals surface area (Å²) in [6.45, 7) is 4.69. The zero-order valence-corrected chi connectivity index (χ0v) is 17.6. The minimum atomic E-state index is 0.292. The molecule has 0 unspecified atom stereocenters. The van der Waals surface area contributed by atoms with Gasteiger partial charge in [0.25, 0.3) is 0 Å². The van der Waals surface area contributed by atoms with Gasteiger partial charge < -0.3 is 9.47 Å². The molecule has 0 atom stereocenters. The predicted octanol–water partition coefficient (Wildman–Crippen LogP) is 5.65. The Hall–Kier alpha value is -2.15. The number of benzene rings is 2. The topological polar surface area (TPSA) is 49.2 Å².